The van der Waals surface area contributed by atoms with Crippen LogP contribution < -0.4 is 0 Å². The molecule has 1 aliphatic rings. The molecule has 0 radical (unpaired) electrons. The van der Waals surface area contributed by atoms with Gasteiger partial charge in [-0.1, -0.05) is 48.0 Å². The van der Waals surface area contributed by atoms with E-state index in [9.17, 15) is 8.42 Å². The van der Waals surface area contributed by atoms with Crippen LogP contribution in [0.2, 0.25) is 0 Å². The summed E-state index contributed by atoms with van der Waals surface area (Å²) in [5.41, 5.74) is 2.31. The molecule has 0 aromatic heterocycles. The fourth-order valence-corrected chi connectivity index (χ4v) is 4.31. The van der Waals surface area contributed by atoms with Crippen LogP contribution in [0, 0.1) is 12.8 Å². The molecule has 0 saturated carbocycles. The van der Waals surface area contributed by atoms with Crippen LogP contribution in [0.25, 0.3) is 0 Å². The minimum atomic E-state index is -3.68. The highest BCUT2D eigenvalue weighted by molar-refractivity contribution is 7.86. The van der Waals surface area contributed by atoms with Gasteiger partial charge >= 0.3 is 0 Å². The molecule has 1 heterocycles. The molecule has 1 aliphatic heterocycles. The van der Waals surface area contributed by atoms with Crippen molar-refractivity contribution in [1.29, 1.82) is 0 Å². The summed E-state index contributed by atoms with van der Waals surface area (Å²) in [6.45, 7) is 6.12. The first kappa shape index (κ1) is 18.1. The Hall–Kier alpha value is -1.69. The molecule has 2 aromatic rings. The maximum Gasteiger partial charge on any atom is 0.296 e. The lowest BCUT2D eigenvalue weighted by Gasteiger charge is -2.21. The summed E-state index contributed by atoms with van der Waals surface area (Å²) in [5, 5.41) is 0. The molecule has 1 fully saturated rings. The first-order valence-electron chi connectivity index (χ1n) is 8.68. The topological polar surface area (TPSA) is 46.6 Å². The molecule has 25 heavy (non-hydrogen) atoms. The van der Waals surface area contributed by atoms with Gasteiger partial charge in [0.15, 0.2) is 0 Å². The molecule has 0 amide bonds. The Kier molecular flexibility index (Phi) is 5.57. The summed E-state index contributed by atoms with van der Waals surface area (Å²) in [6, 6.07) is 17.6. The molecule has 0 aliphatic carbocycles. The fraction of sp³-hybridized carbons (Fsp3) is 0.400. The van der Waals surface area contributed by atoms with Gasteiger partial charge in [0.2, 0.25) is 0 Å². The highest BCUT2D eigenvalue weighted by atomic mass is 32.2. The SMILES string of the molecule is Cc1ccc(S(=O)(=O)OC[C@H]2C[C@@H](C)N(Cc3ccccc3)C2)cc1. The van der Waals surface area contributed by atoms with Crippen LogP contribution in [0.3, 0.4) is 0 Å². The Morgan fingerprint density at radius 1 is 1.08 bits per heavy atom. The normalized spacial score (nSPS) is 21.5. The van der Waals surface area contributed by atoms with Crippen molar-refractivity contribution in [2.45, 2.75) is 37.8 Å². The molecule has 0 unspecified atom stereocenters. The number of nitrogens with zero attached hydrogens (tertiary/aromatic N) is 1. The fourth-order valence-electron chi connectivity index (χ4n) is 3.34. The van der Waals surface area contributed by atoms with Crippen molar-refractivity contribution in [2.75, 3.05) is 13.2 Å². The largest absolute Gasteiger partial charge is 0.296 e. The van der Waals surface area contributed by atoms with E-state index in [1.165, 1.54) is 5.56 Å². The predicted octanol–water partition coefficient (Wildman–Crippen LogP) is 3.61. The smallest absolute Gasteiger partial charge is 0.296 e. The molecule has 0 spiro atoms. The summed E-state index contributed by atoms with van der Waals surface area (Å²) in [7, 11) is -3.68. The summed E-state index contributed by atoms with van der Waals surface area (Å²) in [5.74, 6) is 0.235. The standard InChI is InChI=1S/C20H25NO3S/c1-16-8-10-20(11-9-16)25(22,23)24-15-19-12-17(2)21(14-19)13-18-6-4-3-5-7-18/h3-11,17,19H,12-15H2,1-2H3/t17-,19+/m1/s1. The van der Waals surface area contributed by atoms with Gasteiger partial charge in [0.1, 0.15) is 0 Å². The van der Waals surface area contributed by atoms with Crippen LogP contribution in [-0.4, -0.2) is 32.5 Å². The highest BCUT2D eigenvalue weighted by Gasteiger charge is 2.30. The van der Waals surface area contributed by atoms with Crippen molar-refractivity contribution >= 4 is 10.1 Å². The van der Waals surface area contributed by atoms with E-state index in [0.29, 0.717) is 6.04 Å². The van der Waals surface area contributed by atoms with Gasteiger partial charge in [-0.25, -0.2) is 0 Å². The number of hydrogen-bond acceptors (Lipinski definition) is 4. The van der Waals surface area contributed by atoms with Crippen molar-refractivity contribution in [2.24, 2.45) is 5.92 Å². The molecule has 2 atom stereocenters. The predicted molar refractivity (Wildman–Crippen MR) is 98.7 cm³/mol. The van der Waals surface area contributed by atoms with Gasteiger partial charge in [0, 0.05) is 19.1 Å². The molecular formula is C20H25NO3S. The quantitative estimate of drug-likeness (QED) is 0.739. The molecule has 1 saturated heterocycles. The van der Waals surface area contributed by atoms with Gasteiger partial charge < -0.3 is 0 Å². The van der Waals surface area contributed by atoms with Crippen LogP contribution in [0.5, 0.6) is 0 Å². The van der Waals surface area contributed by atoms with Gasteiger partial charge in [0.05, 0.1) is 11.5 Å². The van der Waals surface area contributed by atoms with E-state index in [2.05, 4.69) is 24.0 Å². The monoisotopic (exact) mass is 359 g/mol. The van der Waals surface area contributed by atoms with Crippen molar-refractivity contribution < 1.29 is 12.6 Å². The maximum absolute atomic E-state index is 12.3. The van der Waals surface area contributed by atoms with E-state index in [1.54, 1.807) is 24.3 Å². The number of hydrogen-bond donors (Lipinski definition) is 0. The molecule has 134 valence electrons. The van der Waals surface area contributed by atoms with Crippen LogP contribution in [0.4, 0.5) is 0 Å². The van der Waals surface area contributed by atoms with E-state index in [1.807, 2.05) is 25.1 Å². The number of rotatable bonds is 6. The summed E-state index contributed by atoms with van der Waals surface area (Å²) in [4.78, 5) is 2.62. The number of benzene rings is 2. The van der Waals surface area contributed by atoms with Crippen LogP contribution in [-0.2, 0) is 20.8 Å². The van der Waals surface area contributed by atoms with E-state index in [4.69, 9.17) is 4.18 Å². The second kappa shape index (κ2) is 7.68. The Morgan fingerprint density at radius 3 is 2.44 bits per heavy atom. The molecule has 5 heteroatoms. The van der Waals surface area contributed by atoms with Gasteiger partial charge in [-0.3, -0.25) is 9.08 Å². The Labute approximate surface area is 150 Å². The van der Waals surface area contributed by atoms with Gasteiger partial charge in [0.25, 0.3) is 10.1 Å². The zero-order valence-electron chi connectivity index (χ0n) is 14.8. The first-order chi connectivity index (χ1) is 11.9. The Morgan fingerprint density at radius 2 is 1.76 bits per heavy atom. The van der Waals surface area contributed by atoms with E-state index in [0.717, 1.165) is 25.1 Å². The molecule has 4 nitrogen and oxygen atoms in total. The van der Waals surface area contributed by atoms with Crippen molar-refractivity contribution in [3.8, 4) is 0 Å². The Bertz CT molecular complexity index is 787. The zero-order valence-corrected chi connectivity index (χ0v) is 15.6. The van der Waals surface area contributed by atoms with Crippen LogP contribution in [0.1, 0.15) is 24.5 Å². The summed E-state index contributed by atoms with van der Waals surface area (Å²) >= 11 is 0. The third-order valence-electron chi connectivity index (χ3n) is 4.79. The molecule has 0 bridgehead atoms. The zero-order chi connectivity index (χ0) is 17.9. The number of aryl methyl sites for hydroxylation is 1. The lowest BCUT2D eigenvalue weighted by atomic mass is 10.1. The van der Waals surface area contributed by atoms with Crippen molar-refractivity contribution in [3.05, 3.63) is 65.7 Å². The lowest BCUT2D eigenvalue weighted by Crippen LogP contribution is -2.27. The van der Waals surface area contributed by atoms with E-state index in [-0.39, 0.29) is 17.4 Å². The lowest BCUT2D eigenvalue weighted by molar-refractivity contribution is 0.231. The molecular weight excluding hydrogens is 334 g/mol. The van der Waals surface area contributed by atoms with Gasteiger partial charge in [-0.05, 0) is 43.9 Å². The van der Waals surface area contributed by atoms with Gasteiger partial charge in [-0.2, -0.15) is 8.42 Å². The third kappa shape index (κ3) is 4.69. The second-order valence-electron chi connectivity index (χ2n) is 6.92. The molecule has 2 aromatic carbocycles. The second-order valence-corrected chi connectivity index (χ2v) is 8.53. The third-order valence-corrected chi connectivity index (χ3v) is 6.08. The number of likely N-dealkylation sites (tertiary alicyclic amines) is 1. The average molecular weight is 359 g/mol. The van der Waals surface area contributed by atoms with Crippen molar-refractivity contribution in [1.82, 2.24) is 4.90 Å². The van der Waals surface area contributed by atoms with E-state index >= 15 is 0 Å². The van der Waals surface area contributed by atoms with Crippen LogP contribution >= 0.6 is 0 Å². The van der Waals surface area contributed by atoms with E-state index < -0.39 is 10.1 Å². The first-order valence-corrected chi connectivity index (χ1v) is 10.1. The highest BCUT2D eigenvalue weighted by Crippen LogP contribution is 2.26. The average Bonchev–Trinajstić information content (AvgIpc) is 2.94. The molecule has 3 rings (SSSR count). The minimum Gasteiger partial charge on any atom is -0.296 e. The summed E-state index contributed by atoms with van der Waals surface area (Å²) < 4.78 is 30.0. The van der Waals surface area contributed by atoms with Gasteiger partial charge in [-0.15, -0.1) is 0 Å². The molecule has 0 N–H and O–H groups in total. The van der Waals surface area contributed by atoms with Crippen LogP contribution in [0.15, 0.2) is 59.5 Å². The Balaban J connectivity index is 1.56. The van der Waals surface area contributed by atoms with Crippen molar-refractivity contribution in [3.63, 3.8) is 0 Å². The maximum atomic E-state index is 12.3. The summed E-state index contributed by atoms with van der Waals surface area (Å²) in [6.07, 6.45) is 0.955. The minimum absolute atomic E-state index is 0.227.